The molecule has 4 nitrogen and oxygen atoms in total. The minimum Gasteiger partial charge on any atom is -0.369 e. The fourth-order valence-corrected chi connectivity index (χ4v) is 2.09. The molecule has 1 heterocycles. The van der Waals surface area contributed by atoms with Gasteiger partial charge in [-0.05, 0) is 25.0 Å². The van der Waals surface area contributed by atoms with E-state index in [1.54, 1.807) is 22.8 Å². The number of nitriles is 1. The first-order chi connectivity index (χ1) is 9.42. The molecule has 0 aliphatic rings. The van der Waals surface area contributed by atoms with Crippen molar-refractivity contribution in [3.63, 3.8) is 0 Å². The zero-order valence-electron chi connectivity index (χ0n) is 10.6. The van der Waals surface area contributed by atoms with E-state index in [4.69, 9.17) is 11.0 Å². The quantitative estimate of drug-likeness (QED) is 0.875. The van der Waals surface area contributed by atoms with Crippen LogP contribution in [0.1, 0.15) is 24.8 Å². The van der Waals surface area contributed by atoms with Crippen molar-refractivity contribution < 1.29 is 13.2 Å². The molecule has 0 bridgehead atoms. The van der Waals surface area contributed by atoms with Gasteiger partial charge in [0.25, 0.3) is 0 Å². The SMILES string of the molecule is N#Cc1cccc2c1nc(N)n2CCCCC(F)(F)F. The van der Waals surface area contributed by atoms with E-state index in [-0.39, 0.29) is 12.4 Å². The van der Waals surface area contributed by atoms with Gasteiger partial charge in [-0.15, -0.1) is 0 Å². The molecule has 2 rings (SSSR count). The molecule has 1 aromatic carbocycles. The summed E-state index contributed by atoms with van der Waals surface area (Å²) in [4.78, 5) is 4.11. The molecule has 0 fully saturated rings. The molecule has 1 aromatic heterocycles. The van der Waals surface area contributed by atoms with Crippen molar-refractivity contribution in [2.24, 2.45) is 0 Å². The molecule has 0 atom stereocenters. The molecule has 2 N–H and O–H groups in total. The number of aromatic nitrogens is 2. The smallest absolute Gasteiger partial charge is 0.369 e. The Labute approximate surface area is 113 Å². The molecule has 7 heteroatoms. The Kier molecular flexibility index (Phi) is 3.84. The van der Waals surface area contributed by atoms with Crippen LogP contribution in [0.15, 0.2) is 18.2 Å². The first kappa shape index (κ1) is 14.2. The number of fused-ring (bicyclic) bond motifs is 1. The summed E-state index contributed by atoms with van der Waals surface area (Å²) in [6, 6.07) is 7.10. The Morgan fingerprint density at radius 1 is 1.30 bits per heavy atom. The summed E-state index contributed by atoms with van der Waals surface area (Å²) in [7, 11) is 0. The van der Waals surface area contributed by atoms with E-state index in [0.717, 1.165) is 0 Å². The van der Waals surface area contributed by atoms with E-state index in [1.165, 1.54) is 0 Å². The molecule has 0 spiro atoms. The highest BCUT2D eigenvalue weighted by atomic mass is 19.4. The van der Waals surface area contributed by atoms with Crippen LogP contribution in [0.25, 0.3) is 11.0 Å². The Balaban J connectivity index is 2.15. The number of aryl methyl sites for hydroxylation is 1. The highest BCUT2D eigenvalue weighted by Crippen LogP contribution is 2.24. The van der Waals surface area contributed by atoms with Crippen molar-refractivity contribution in [3.8, 4) is 6.07 Å². The molecule has 0 aliphatic heterocycles. The van der Waals surface area contributed by atoms with Crippen LogP contribution in [0, 0.1) is 11.3 Å². The zero-order chi connectivity index (χ0) is 14.8. The average molecular weight is 282 g/mol. The van der Waals surface area contributed by atoms with Crippen LogP contribution in [-0.4, -0.2) is 15.7 Å². The lowest BCUT2D eigenvalue weighted by Gasteiger charge is -2.08. The molecule has 0 saturated heterocycles. The van der Waals surface area contributed by atoms with Crippen molar-refractivity contribution in [2.75, 3.05) is 5.73 Å². The van der Waals surface area contributed by atoms with Gasteiger partial charge in [0.15, 0.2) is 0 Å². The average Bonchev–Trinajstić information content (AvgIpc) is 2.69. The van der Waals surface area contributed by atoms with Gasteiger partial charge in [-0.3, -0.25) is 0 Å². The summed E-state index contributed by atoms with van der Waals surface area (Å²) >= 11 is 0. The molecule has 106 valence electrons. The highest BCUT2D eigenvalue weighted by molar-refractivity contribution is 5.83. The van der Waals surface area contributed by atoms with Gasteiger partial charge in [0.05, 0.1) is 11.1 Å². The fourth-order valence-electron chi connectivity index (χ4n) is 2.09. The summed E-state index contributed by atoms with van der Waals surface area (Å²) in [5.41, 5.74) is 7.33. The lowest BCUT2D eigenvalue weighted by molar-refractivity contribution is -0.135. The van der Waals surface area contributed by atoms with Gasteiger partial charge < -0.3 is 10.3 Å². The number of benzene rings is 1. The molecule has 0 radical (unpaired) electrons. The van der Waals surface area contributed by atoms with Crippen LogP contribution in [0.2, 0.25) is 0 Å². The molecule has 20 heavy (non-hydrogen) atoms. The Morgan fingerprint density at radius 3 is 2.70 bits per heavy atom. The van der Waals surface area contributed by atoms with Crippen molar-refractivity contribution in [2.45, 2.75) is 32.0 Å². The molecule has 2 aromatic rings. The normalized spacial score (nSPS) is 11.7. The Hall–Kier alpha value is -2.23. The minimum atomic E-state index is -4.13. The number of anilines is 1. The summed E-state index contributed by atoms with van der Waals surface area (Å²) in [6.45, 7) is 0.354. The number of unbranched alkanes of at least 4 members (excludes halogenated alkanes) is 1. The molecular formula is C13H13F3N4. The first-order valence-electron chi connectivity index (χ1n) is 6.14. The van der Waals surface area contributed by atoms with E-state index in [0.29, 0.717) is 29.6 Å². The highest BCUT2D eigenvalue weighted by Gasteiger charge is 2.25. The maximum atomic E-state index is 12.1. The number of halogens is 3. The van der Waals surface area contributed by atoms with Crippen molar-refractivity contribution in [1.29, 1.82) is 5.26 Å². The standard InChI is InChI=1S/C13H13F3N4/c14-13(15,16)6-1-2-7-20-10-5-3-4-9(8-17)11(10)19-12(20)18/h3-5H,1-2,6-7H2,(H2,18,19). The fraction of sp³-hybridized carbons (Fsp3) is 0.385. The van der Waals surface area contributed by atoms with Gasteiger partial charge in [-0.25, -0.2) is 4.98 Å². The summed E-state index contributed by atoms with van der Waals surface area (Å²) in [5.74, 6) is 0.217. The van der Waals surface area contributed by atoms with Crippen molar-refractivity contribution in [3.05, 3.63) is 23.8 Å². The van der Waals surface area contributed by atoms with Crippen LogP contribution >= 0.6 is 0 Å². The maximum Gasteiger partial charge on any atom is 0.389 e. The third kappa shape index (κ3) is 3.02. The molecule has 0 unspecified atom stereocenters. The van der Waals surface area contributed by atoms with E-state index >= 15 is 0 Å². The monoisotopic (exact) mass is 282 g/mol. The van der Waals surface area contributed by atoms with Crippen LogP contribution < -0.4 is 5.73 Å². The van der Waals surface area contributed by atoms with Crippen LogP contribution in [-0.2, 0) is 6.54 Å². The van der Waals surface area contributed by atoms with E-state index < -0.39 is 12.6 Å². The number of rotatable bonds is 4. The molecule has 0 amide bonds. The predicted molar refractivity (Wildman–Crippen MR) is 68.8 cm³/mol. The number of alkyl halides is 3. The summed E-state index contributed by atoms with van der Waals surface area (Å²) in [5, 5.41) is 8.97. The third-order valence-corrected chi connectivity index (χ3v) is 3.02. The second kappa shape index (κ2) is 5.41. The van der Waals surface area contributed by atoms with Gasteiger partial charge in [-0.1, -0.05) is 6.07 Å². The Bertz CT molecular complexity index is 652. The number of nitrogens with two attached hydrogens (primary N) is 1. The molecule has 0 saturated carbocycles. The van der Waals surface area contributed by atoms with Crippen molar-refractivity contribution in [1.82, 2.24) is 9.55 Å². The number of nitrogen functional groups attached to an aromatic ring is 1. The number of hydrogen-bond donors (Lipinski definition) is 1. The van der Waals surface area contributed by atoms with Gasteiger partial charge >= 0.3 is 6.18 Å². The second-order valence-corrected chi connectivity index (χ2v) is 4.48. The van der Waals surface area contributed by atoms with Gasteiger partial charge in [0, 0.05) is 13.0 Å². The van der Waals surface area contributed by atoms with Gasteiger partial charge in [0.1, 0.15) is 11.6 Å². The third-order valence-electron chi connectivity index (χ3n) is 3.02. The number of hydrogen-bond acceptors (Lipinski definition) is 3. The van der Waals surface area contributed by atoms with E-state index in [9.17, 15) is 13.2 Å². The predicted octanol–water partition coefficient (Wildman–Crippen LogP) is 3.22. The number of nitrogens with zero attached hydrogens (tertiary/aromatic N) is 3. The lowest BCUT2D eigenvalue weighted by Crippen LogP contribution is -2.08. The lowest BCUT2D eigenvalue weighted by atomic mass is 10.2. The Morgan fingerprint density at radius 2 is 2.05 bits per heavy atom. The van der Waals surface area contributed by atoms with Gasteiger partial charge in [-0.2, -0.15) is 18.4 Å². The number of imidazole rings is 1. The van der Waals surface area contributed by atoms with E-state index in [1.807, 2.05) is 6.07 Å². The van der Waals surface area contributed by atoms with Crippen LogP contribution in [0.5, 0.6) is 0 Å². The maximum absolute atomic E-state index is 12.1. The minimum absolute atomic E-state index is 0.0422. The topological polar surface area (TPSA) is 67.6 Å². The zero-order valence-corrected chi connectivity index (χ0v) is 10.6. The summed E-state index contributed by atoms with van der Waals surface area (Å²) < 4.78 is 37.9. The molecule has 0 aliphatic carbocycles. The van der Waals surface area contributed by atoms with Gasteiger partial charge in [0.2, 0.25) is 5.95 Å². The first-order valence-corrected chi connectivity index (χ1v) is 6.14. The molecular weight excluding hydrogens is 269 g/mol. The summed E-state index contributed by atoms with van der Waals surface area (Å²) in [6.07, 6.45) is -4.54. The van der Waals surface area contributed by atoms with Crippen molar-refractivity contribution >= 4 is 17.0 Å². The number of para-hydroxylation sites is 1. The van der Waals surface area contributed by atoms with E-state index in [2.05, 4.69) is 4.98 Å². The van der Waals surface area contributed by atoms with Crippen LogP contribution in [0.3, 0.4) is 0 Å². The second-order valence-electron chi connectivity index (χ2n) is 4.48. The van der Waals surface area contributed by atoms with Crippen LogP contribution in [0.4, 0.5) is 19.1 Å². The largest absolute Gasteiger partial charge is 0.389 e.